The molecule has 1 N–H and O–H groups in total. The molecule has 0 aliphatic heterocycles. The lowest BCUT2D eigenvalue weighted by atomic mass is 10.6. The summed E-state index contributed by atoms with van der Waals surface area (Å²) in [7, 11) is 1.49. The van der Waals surface area contributed by atoms with E-state index < -0.39 is 0 Å². The Bertz CT molecular complexity index is 342. The van der Waals surface area contributed by atoms with E-state index in [2.05, 4.69) is 26.8 Å². The quantitative estimate of drug-likeness (QED) is 0.573. The SMILES string of the molecule is C=CCNc1nc(C=S)nc(OC)n1. The van der Waals surface area contributed by atoms with Crippen molar-refractivity contribution in [2.75, 3.05) is 19.0 Å². The Morgan fingerprint density at radius 1 is 1.50 bits per heavy atom. The Kier molecular flexibility index (Phi) is 3.93. The maximum absolute atomic E-state index is 4.88. The molecule has 0 saturated heterocycles. The van der Waals surface area contributed by atoms with Gasteiger partial charge in [0.25, 0.3) is 0 Å². The molecule has 14 heavy (non-hydrogen) atoms. The maximum Gasteiger partial charge on any atom is 0.321 e. The summed E-state index contributed by atoms with van der Waals surface area (Å²) in [6.07, 6.45) is 1.70. The minimum atomic E-state index is 0.239. The Balaban J connectivity index is 2.91. The maximum atomic E-state index is 4.88. The molecule has 0 amide bonds. The summed E-state index contributed by atoms with van der Waals surface area (Å²) in [6.45, 7) is 4.14. The highest BCUT2D eigenvalue weighted by molar-refractivity contribution is 7.79. The zero-order valence-corrected chi connectivity index (χ0v) is 8.54. The fourth-order valence-corrected chi connectivity index (χ4v) is 0.864. The molecule has 1 rings (SSSR count). The van der Waals surface area contributed by atoms with Gasteiger partial charge in [0, 0.05) is 11.9 Å². The normalized spacial score (nSPS) is 9.21. The fourth-order valence-electron chi connectivity index (χ4n) is 0.759. The van der Waals surface area contributed by atoms with Crippen LogP contribution in [0.3, 0.4) is 0 Å². The third-order valence-corrected chi connectivity index (χ3v) is 1.54. The van der Waals surface area contributed by atoms with Crippen molar-refractivity contribution in [3.8, 4) is 6.01 Å². The summed E-state index contributed by atoms with van der Waals surface area (Å²) in [5.41, 5.74) is 0. The molecule has 0 saturated carbocycles. The molecule has 0 radical (unpaired) electrons. The van der Waals surface area contributed by atoms with E-state index in [1.165, 1.54) is 12.5 Å². The van der Waals surface area contributed by atoms with Crippen molar-refractivity contribution in [3.63, 3.8) is 0 Å². The lowest BCUT2D eigenvalue weighted by molar-refractivity contribution is 0.378. The second-order valence-corrected chi connectivity index (χ2v) is 2.53. The van der Waals surface area contributed by atoms with E-state index in [0.717, 1.165) is 0 Å². The molecule has 0 bridgehead atoms. The van der Waals surface area contributed by atoms with E-state index in [0.29, 0.717) is 18.3 Å². The van der Waals surface area contributed by atoms with E-state index in [1.54, 1.807) is 6.08 Å². The highest BCUT2D eigenvalue weighted by Gasteiger charge is 2.03. The number of thiocarbonyl (C=S) groups is 1. The number of aromatic nitrogens is 3. The molecule has 1 aromatic rings. The first-order valence-electron chi connectivity index (χ1n) is 3.90. The third kappa shape index (κ3) is 2.74. The smallest absolute Gasteiger partial charge is 0.321 e. The molecule has 0 aliphatic carbocycles. The van der Waals surface area contributed by atoms with Crippen molar-refractivity contribution in [2.45, 2.75) is 0 Å². The van der Waals surface area contributed by atoms with E-state index in [9.17, 15) is 0 Å². The molecule has 0 unspecified atom stereocenters. The predicted octanol–water partition coefficient (Wildman–Crippen LogP) is 0.826. The van der Waals surface area contributed by atoms with E-state index >= 15 is 0 Å². The van der Waals surface area contributed by atoms with Crippen LogP contribution < -0.4 is 10.1 Å². The zero-order valence-electron chi connectivity index (χ0n) is 7.73. The number of nitrogens with zero attached hydrogens (tertiary/aromatic N) is 3. The van der Waals surface area contributed by atoms with Crippen LogP contribution in [0.4, 0.5) is 5.95 Å². The van der Waals surface area contributed by atoms with Gasteiger partial charge in [0.2, 0.25) is 5.95 Å². The predicted molar refractivity (Wildman–Crippen MR) is 57.8 cm³/mol. The molecule has 0 fully saturated rings. The molecule has 1 aromatic heterocycles. The van der Waals surface area contributed by atoms with Crippen LogP contribution in [0, 0.1) is 0 Å². The summed E-state index contributed by atoms with van der Waals surface area (Å²) in [6, 6.07) is 0.239. The van der Waals surface area contributed by atoms with Crippen molar-refractivity contribution < 1.29 is 4.74 Å². The molecule has 0 atom stereocenters. The number of ether oxygens (including phenoxy) is 1. The van der Waals surface area contributed by atoms with Gasteiger partial charge >= 0.3 is 6.01 Å². The van der Waals surface area contributed by atoms with Gasteiger partial charge in [-0.3, -0.25) is 0 Å². The average Bonchev–Trinajstić information content (AvgIpc) is 2.25. The Morgan fingerprint density at radius 3 is 2.86 bits per heavy atom. The molecule has 0 spiro atoms. The minimum absolute atomic E-state index is 0.239. The lowest BCUT2D eigenvalue weighted by Gasteiger charge is -2.03. The fraction of sp³-hybridized carbons (Fsp3) is 0.250. The molecular formula is C8H10N4OS. The van der Waals surface area contributed by atoms with E-state index in [4.69, 9.17) is 17.0 Å². The first-order valence-corrected chi connectivity index (χ1v) is 4.37. The molecule has 0 aromatic carbocycles. The van der Waals surface area contributed by atoms with Gasteiger partial charge in [0.05, 0.1) is 7.11 Å². The molecule has 0 aliphatic rings. The summed E-state index contributed by atoms with van der Waals surface area (Å²) < 4.78 is 4.88. The van der Waals surface area contributed by atoms with Crippen LogP contribution in [0.25, 0.3) is 0 Å². The van der Waals surface area contributed by atoms with Gasteiger partial charge in [-0.2, -0.15) is 15.0 Å². The standard InChI is InChI=1S/C8H10N4OS/c1-3-4-9-7-10-6(5-14)11-8(12-7)13-2/h3,5H,1,4H2,2H3,(H,9,10,11,12). The number of nitrogens with one attached hydrogen (secondary N) is 1. The highest BCUT2D eigenvalue weighted by atomic mass is 32.1. The van der Waals surface area contributed by atoms with Crippen molar-refractivity contribution in [2.24, 2.45) is 0 Å². The second kappa shape index (κ2) is 5.23. The average molecular weight is 210 g/mol. The Hall–Kier alpha value is -1.56. The number of methoxy groups -OCH3 is 1. The van der Waals surface area contributed by atoms with Crippen LogP contribution in [0.2, 0.25) is 0 Å². The highest BCUT2D eigenvalue weighted by Crippen LogP contribution is 2.05. The largest absolute Gasteiger partial charge is 0.467 e. The van der Waals surface area contributed by atoms with Crippen molar-refractivity contribution in [1.82, 2.24) is 15.0 Å². The van der Waals surface area contributed by atoms with Crippen molar-refractivity contribution >= 4 is 23.5 Å². The molecule has 6 heteroatoms. The second-order valence-electron chi connectivity index (χ2n) is 2.29. The summed E-state index contributed by atoms with van der Waals surface area (Å²) in [5, 5.41) is 4.28. The Morgan fingerprint density at radius 2 is 2.29 bits per heavy atom. The lowest BCUT2D eigenvalue weighted by Crippen LogP contribution is -2.07. The van der Waals surface area contributed by atoms with Crippen LogP contribution in [-0.4, -0.2) is 34.0 Å². The molecule has 1 heterocycles. The summed E-state index contributed by atoms with van der Waals surface area (Å²) >= 11 is 4.72. The Labute approximate surface area is 87.2 Å². The summed E-state index contributed by atoms with van der Waals surface area (Å²) in [5.74, 6) is 0.825. The number of rotatable bonds is 5. The topological polar surface area (TPSA) is 59.9 Å². The number of hydrogen-bond acceptors (Lipinski definition) is 6. The van der Waals surface area contributed by atoms with Gasteiger partial charge in [-0.1, -0.05) is 18.3 Å². The van der Waals surface area contributed by atoms with Crippen LogP contribution in [0.15, 0.2) is 12.7 Å². The first kappa shape index (κ1) is 10.5. The van der Waals surface area contributed by atoms with E-state index in [-0.39, 0.29) is 6.01 Å². The zero-order chi connectivity index (χ0) is 10.4. The molecular weight excluding hydrogens is 200 g/mol. The van der Waals surface area contributed by atoms with Gasteiger partial charge in [0.15, 0.2) is 5.82 Å². The molecule has 5 nitrogen and oxygen atoms in total. The van der Waals surface area contributed by atoms with Crippen LogP contribution in [-0.2, 0) is 0 Å². The number of hydrogen-bond donors (Lipinski definition) is 1. The van der Waals surface area contributed by atoms with Gasteiger partial charge in [-0.15, -0.1) is 6.58 Å². The van der Waals surface area contributed by atoms with E-state index in [1.807, 2.05) is 0 Å². The molecule has 74 valence electrons. The van der Waals surface area contributed by atoms with Crippen molar-refractivity contribution in [3.05, 3.63) is 18.5 Å². The van der Waals surface area contributed by atoms with Crippen LogP contribution in [0.1, 0.15) is 5.82 Å². The first-order chi connectivity index (χ1) is 6.80. The van der Waals surface area contributed by atoms with Gasteiger partial charge in [-0.05, 0) is 0 Å². The monoisotopic (exact) mass is 210 g/mol. The van der Waals surface area contributed by atoms with Crippen LogP contribution >= 0.6 is 12.2 Å². The van der Waals surface area contributed by atoms with Gasteiger partial charge in [-0.25, -0.2) is 0 Å². The summed E-state index contributed by atoms with van der Waals surface area (Å²) in [4.78, 5) is 11.9. The van der Waals surface area contributed by atoms with Crippen molar-refractivity contribution in [1.29, 1.82) is 0 Å². The number of anilines is 1. The van der Waals surface area contributed by atoms with Crippen LogP contribution in [0.5, 0.6) is 6.01 Å². The van der Waals surface area contributed by atoms with Gasteiger partial charge in [0.1, 0.15) is 0 Å². The minimum Gasteiger partial charge on any atom is -0.467 e. The van der Waals surface area contributed by atoms with Gasteiger partial charge < -0.3 is 10.1 Å². The third-order valence-electron chi connectivity index (χ3n) is 1.32.